The largest absolute Gasteiger partial charge is 0.281 e. The summed E-state index contributed by atoms with van der Waals surface area (Å²) in [5, 5.41) is 9.26. The molecule has 0 radical (unpaired) electrons. The Morgan fingerprint density at radius 1 is 0.929 bits per heavy atom. The molecular formula is C22H16ClN5. The Hall–Kier alpha value is -3.31. The molecule has 28 heavy (non-hydrogen) atoms. The number of fused-ring (bicyclic) bond motifs is 3. The van der Waals surface area contributed by atoms with E-state index in [0.29, 0.717) is 11.6 Å². The van der Waals surface area contributed by atoms with Gasteiger partial charge in [-0.25, -0.2) is 0 Å². The van der Waals surface area contributed by atoms with Crippen molar-refractivity contribution in [3.05, 3.63) is 94.8 Å². The second-order valence-electron chi connectivity index (χ2n) is 6.64. The molecule has 0 atom stereocenters. The summed E-state index contributed by atoms with van der Waals surface area (Å²) in [6, 6.07) is 18.1. The third kappa shape index (κ3) is 2.80. The molecule has 2 aromatic carbocycles. The Kier molecular flexibility index (Phi) is 4.02. The highest BCUT2D eigenvalue weighted by Crippen LogP contribution is 2.30. The molecule has 136 valence electrons. The van der Waals surface area contributed by atoms with Gasteiger partial charge in [0.15, 0.2) is 5.82 Å². The predicted octanol–water partition coefficient (Wildman–Crippen LogP) is 4.64. The van der Waals surface area contributed by atoms with Crippen LogP contribution in [-0.4, -0.2) is 25.5 Å². The first kappa shape index (κ1) is 16.8. The Morgan fingerprint density at radius 2 is 1.75 bits per heavy atom. The molecule has 1 aliphatic rings. The van der Waals surface area contributed by atoms with Crippen molar-refractivity contribution in [1.29, 1.82) is 0 Å². The van der Waals surface area contributed by atoms with Gasteiger partial charge in [0.25, 0.3) is 0 Å². The van der Waals surface area contributed by atoms with Gasteiger partial charge < -0.3 is 0 Å². The summed E-state index contributed by atoms with van der Waals surface area (Å²) in [6.45, 7) is 2.43. The lowest BCUT2D eigenvalue weighted by Crippen LogP contribution is -2.08. The molecule has 1 aliphatic heterocycles. The molecule has 0 fully saturated rings. The van der Waals surface area contributed by atoms with Crippen molar-refractivity contribution < 1.29 is 0 Å². The molecule has 5 nitrogen and oxygen atoms in total. The Morgan fingerprint density at radius 3 is 2.54 bits per heavy atom. The zero-order chi connectivity index (χ0) is 19.1. The maximum absolute atomic E-state index is 6.10. The molecule has 0 amide bonds. The van der Waals surface area contributed by atoms with Crippen LogP contribution in [0, 0.1) is 6.92 Å². The van der Waals surface area contributed by atoms with Gasteiger partial charge in [0.1, 0.15) is 12.4 Å². The average molecular weight is 386 g/mol. The molecule has 0 saturated heterocycles. The standard InChI is InChI=1S/C22H16ClN5/c1-14-26-27-21-13-25-22(15-4-7-18(23)8-5-15)19-11-16(6-9-20(19)28(14)21)17-3-2-10-24-12-17/h2-12H,13H2,1H3. The van der Waals surface area contributed by atoms with E-state index in [2.05, 4.69) is 44.0 Å². The van der Waals surface area contributed by atoms with Gasteiger partial charge in [-0.05, 0) is 42.8 Å². The molecule has 4 aromatic rings. The topological polar surface area (TPSA) is 56.0 Å². The number of aromatic nitrogens is 4. The normalized spacial score (nSPS) is 12.7. The lowest BCUT2D eigenvalue weighted by Gasteiger charge is -2.14. The summed E-state index contributed by atoms with van der Waals surface area (Å²) in [4.78, 5) is 9.14. The molecule has 3 heterocycles. The summed E-state index contributed by atoms with van der Waals surface area (Å²) >= 11 is 6.10. The van der Waals surface area contributed by atoms with E-state index >= 15 is 0 Å². The fraction of sp³-hybridized carbons (Fsp3) is 0.0909. The van der Waals surface area contributed by atoms with Crippen molar-refractivity contribution >= 4 is 17.3 Å². The third-order valence-electron chi connectivity index (χ3n) is 4.88. The minimum Gasteiger partial charge on any atom is -0.281 e. The number of benzene rings is 2. The van der Waals surface area contributed by atoms with Gasteiger partial charge in [-0.15, -0.1) is 10.2 Å². The minimum atomic E-state index is 0.468. The van der Waals surface area contributed by atoms with Crippen LogP contribution in [0.5, 0.6) is 0 Å². The van der Waals surface area contributed by atoms with Crippen LogP contribution < -0.4 is 0 Å². The molecule has 0 unspecified atom stereocenters. The zero-order valence-electron chi connectivity index (χ0n) is 15.2. The average Bonchev–Trinajstić information content (AvgIpc) is 3.01. The van der Waals surface area contributed by atoms with Gasteiger partial charge in [0.2, 0.25) is 0 Å². The number of rotatable bonds is 2. The number of hydrogen-bond acceptors (Lipinski definition) is 4. The Bertz CT molecular complexity index is 1190. The van der Waals surface area contributed by atoms with E-state index in [4.69, 9.17) is 16.6 Å². The summed E-state index contributed by atoms with van der Waals surface area (Å²) in [7, 11) is 0. The summed E-state index contributed by atoms with van der Waals surface area (Å²) in [6.07, 6.45) is 3.65. The van der Waals surface area contributed by atoms with E-state index < -0.39 is 0 Å². The molecule has 0 saturated carbocycles. The SMILES string of the molecule is Cc1nnc2n1-c1ccc(-c3cccnc3)cc1C(c1ccc(Cl)cc1)=NC2. The van der Waals surface area contributed by atoms with E-state index in [1.807, 2.05) is 43.5 Å². The monoisotopic (exact) mass is 385 g/mol. The molecule has 0 aliphatic carbocycles. The number of nitrogens with zero attached hydrogens (tertiary/aromatic N) is 5. The van der Waals surface area contributed by atoms with Crippen LogP contribution >= 0.6 is 11.6 Å². The quantitative estimate of drug-likeness (QED) is 0.505. The van der Waals surface area contributed by atoms with Gasteiger partial charge in [-0.2, -0.15) is 0 Å². The fourth-order valence-corrected chi connectivity index (χ4v) is 3.67. The van der Waals surface area contributed by atoms with E-state index in [1.165, 1.54) is 0 Å². The molecule has 6 heteroatoms. The highest BCUT2D eigenvalue weighted by Gasteiger charge is 2.22. The van der Waals surface area contributed by atoms with Gasteiger partial charge >= 0.3 is 0 Å². The maximum Gasteiger partial charge on any atom is 0.159 e. The molecule has 0 spiro atoms. The first-order chi connectivity index (χ1) is 13.7. The smallest absolute Gasteiger partial charge is 0.159 e. The molecule has 0 bridgehead atoms. The Labute approximate surface area is 167 Å². The second-order valence-corrected chi connectivity index (χ2v) is 7.08. The first-order valence-corrected chi connectivity index (χ1v) is 9.35. The van der Waals surface area contributed by atoms with Crippen LogP contribution in [0.1, 0.15) is 22.8 Å². The van der Waals surface area contributed by atoms with Crippen LogP contribution in [0.15, 0.2) is 72.0 Å². The van der Waals surface area contributed by atoms with Crippen LogP contribution in [0.25, 0.3) is 16.8 Å². The number of hydrogen-bond donors (Lipinski definition) is 0. The van der Waals surface area contributed by atoms with Crippen molar-refractivity contribution in [2.45, 2.75) is 13.5 Å². The minimum absolute atomic E-state index is 0.468. The van der Waals surface area contributed by atoms with Crippen molar-refractivity contribution in [2.24, 2.45) is 4.99 Å². The van der Waals surface area contributed by atoms with E-state index in [1.54, 1.807) is 6.20 Å². The number of pyridine rings is 1. The lowest BCUT2D eigenvalue weighted by atomic mass is 9.96. The number of aliphatic imine (C=N–C) groups is 1. The van der Waals surface area contributed by atoms with Crippen LogP contribution in [0.2, 0.25) is 5.02 Å². The second kappa shape index (κ2) is 6.69. The van der Waals surface area contributed by atoms with Crippen LogP contribution in [0.4, 0.5) is 0 Å². The van der Waals surface area contributed by atoms with E-state index in [9.17, 15) is 0 Å². The number of aryl methyl sites for hydroxylation is 1. The highest BCUT2D eigenvalue weighted by atomic mass is 35.5. The summed E-state index contributed by atoms with van der Waals surface area (Å²) in [5.74, 6) is 1.68. The maximum atomic E-state index is 6.10. The van der Waals surface area contributed by atoms with Crippen LogP contribution in [-0.2, 0) is 6.54 Å². The third-order valence-corrected chi connectivity index (χ3v) is 5.13. The lowest BCUT2D eigenvalue weighted by molar-refractivity contribution is 0.862. The molecule has 5 rings (SSSR count). The predicted molar refractivity (Wildman–Crippen MR) is 110 cm³/mol. The summed E-state index contributed by atoms with van der Waals surface area (Å²) < 4.78 is 2.08. The van der Waals surface area contributed by atoms with E-state index in [-0.39, 0.29) is 0 Å². The number of halogens is 1. The van der Waals surface area contributed by atoms with Crippen molar-refractivity contribution in [3.8, 4) is 16.8 Å². The molecule has 2 aromatic heterocycles. The van der Waals surface area contributed by atoms with Gasteiger partial charge in [0.05, 0.1) is 11.4 Å². The van der Waals surface area contributed by atoms with Gasteiger partial charge in [-0.1, -0.05) is 35.9 Å². The van der Waals surface area contributed by atoms with Crippen molar-refractivity contribution in [1.82, 2.24) is 19.7 Å². The molecule has 0 N–H and O–H groups in total. The van der Waals surface area contributed by atoms with E-state index in [0.717, 1.165) is 45.3 Å². The van der Waals surface area contributed by atoms with Crippen LogP contribution in [0.3, 0.4) is 0 Å². The zero-order valence-corrected chi connectivity index (χ0v) is 15.9. The van der Waals surface area contributed by atoms with Crippen molar-refractivity contribution in [2.75, 3.05) is 0 Å². The Balaban J connectivity index is 1.76. The molecular weight excluding hydrogens is 370 g/mol. The fourth-order valence-electron chi connectivity index (χ4n) is 3.55. The van der Waals surface area contributed by atoms with Gasteiger partial charge in [0, 0.05) is 34.1 Å². The van der Waals surface area contributed by atoms with Crippen molar-refractivity contribution in [3.63, 3.8) is 0 Å². The van der Waals surface area contributed by atoms with Gasteiger partial charge in [-0.3, -0.25) is 14.5 Å². The highest BCUT2D eigenvalue weighted by molar-refractivity contribution is 6.30. The first-order valence-electron chi connectivity index (χ1n) is 8.97. The summed E-state index contributed by atoms with van der Waals surface area (Å²) in [5.41, 5.74) is 6.14.